The summed E-state index contributed by atoms with van der Waals surface area (Å²) in [6, 6.07) is 0.633. The third kappa shape index (κ3) is 3.06. The first-order valence-corrected chi connectivity index (χ1v) is 6.07. The summed E-state index contributed by atoms with van der Waals surface area (Å²) in [7, 11) is 0. The van der Waals surface area contributed by atoms with Crippen molar-refractivity contribution in [2.45, 2.75) is 51.6 Å². The van der Waals surface area contributed by atoms with Gasteiger partial charge in [0.2, 0.25) is 0 Å². The van der Waals surface area contributed by atoms with E-state index in [2.05, 4.69) is 22.2 Å². The summed E-state index contributed by atoms with van der Waals surface area (Å²) in [4.78, 5) is 7.14. The summed E-state index contributed by atoms with van der Waals surface area (Å²) in [5.74, 6) is 0.877. The van der Waals surface area contributed by atoms with Crippen LogP contribution in [0.4, 0.5) is 0 Å². The van der Waals surface area contributed by atoms with Gasteiger partial charge in [0.1, 0.15) is 0 Å². The average Bonchev–Trinajstić information content (AvgIpc) is 2.80. The maximum Gasteiger partial charge on any atom is 0.0922 e. The van der Waals surface area contributed by atoms with Crippen LogP contribution in [0.1, 0.15) is 44.7 Å². The molecule has 0 aliphatic heterocycles. The lowest BCUT2D eigenvalue weighted by molar-refractivity contribution is 0.280. The zero-order chi connectivity index (χ0) is 10.5. The molecule has 0 radical (unpaired) electrons. The number of nitrogens with one attached hydrogen (secondary N) is 2. The number of imidazole rings is 1. The van der Waals surface area contributed by atoms with Crippen LogP contribution < -0.4 is 5.32 Å². The van der Waals surface area contributed by atoms with Crippen LogP contribution in [0.5, 0.6) is 0 Å². The highest BCUT2D eigenvalue weighted by Crippen LogP contribution is 2.26. The Morgan fingerprint density at radius 2 is 2.27 bits per heavy atom. The number of aromatic nitrogens is 2. The lowest BCUT2D eigenvalue weighted by Crippen LogP contribution is -2.34. The smallest absolute Gasteiger partial charge is 0.0922 e. The summed E-state index contributed by atoms with van der Waals surface area (Å²) in [5.41, 5.74) is 1.18. The zero-order valence-electron chi connectivity index (χ0n) is 9.50. The molecule has 0 aromatic carbocycles. The van der Waals surface area contributed by atoms with Gasteiger partial charge in [0.15, 0.2) is 0 Å². The first-order valence-electron chi connectivity index (χ1n) is 6.07. The van der Waals surface area contributed by atoms with E-state index in [1.165, 1.54) is 37.8 Å². The Morgan fingerprint density at radius 1 is 1.47 bits per heavy atom. The van der Waals surface area contributed by atoms with E-state index >= 15 is 0 Å². The Hall–Kier alpha value is -0.830. The lowest BCUT2D eigenvalue weighted by Gasteiger charge is -2.28. The Bertz CT molecular complexity index is 262. The molecule has 1 aromatic rings. The Balaban J connectivity index is 1.74. The van der Waals surface area contributed by atoms with Crippen molar-refractivity contribution in [3.05, 3.63) is 18.2 Å². The molecule has 0 spiro atoms. The second kappa shape index (κ2) is 5.31. The maximum atomic E-state index is 4.02. The monoisotopic (exact) mass is 207 g/mol. The topological polar surface area (TPSA) is 40.7 Å². The third-order valence-electron chi connectivity index (χ3n) is 3.53. The van der Waals surface area contributed by atoms with Crippen molar-refractivity contribution >= 4 is 0 Å². The van der Waals surface area contributed by atoms with Gasteiger partial charge in [-0.1, -0.05) is 19.3 Å². The first kappa shape index (κ1) is 10.7. The fourth-order valence-electron chi connectivity index (χ4n) is 2.45. The highest BCUT2D eigenvalue weighted by molar-refractivity contribution is 4.94. The van der Waals surface area contributed by atoms with E-state index in [9.17, 15) is 0 Å². The van der Waals surface area contributed by atoms with Gasteiger partial charge >= 0.3 is 0 Å². The molecule has 15 heavy (non-hydrogen) atoms. The van der Waals surface area contributed by atoms with Crippen LogP contribution in [0.25, 0.3) is 0 Å². The molecule has 1 saturated carbocycles. The van der Waals surface area contributed by atoms with Crippen LogP contribution in [0.2, 0.25) is 0 Å². The molecule has 0 saturated heterocycles. The van der Waals surface area contributed by atoms with Crippen LogP contribution in [0, 0.1) is 5.92 Å². The number of nitrogens with zero attached hydrogens (tertiary/aromatic N) is 1. The molecule has 1 aliphatic rings. The normalized spacial score (nSPS) is 20.3. The zero-order valence-corrected chi connectivity index (χ0v) is 9.50. The van der Waals surface area contributed by atoms with Gasteiger partial charge in [-0.3, -0.25) is 0 Å². The predicted octanol–water partition coefficient (Wildman–Crippen LogP) is 2.47. The van der Waals surface area contributed by atoms with Crippen LogP contribution in [-0.4, -0.2) is 16.0 Å². The van der Waals surface area contributed by atoms with Gasteiger partial charge in [0.25, 0.3) is 0 Å². The molecule has 1 aromatic heterocycles. The van der Waals surface area contributed by atoms with Crippen molar-refractivity contribution in [1.82, 2.24) is 15.3 Å². The molecule has 1 atom stereocenters. The number of hydrogen-bond acceptors (Lipinski definition) is 2. The molecule has 0 bridgehead atoms. The number of aromatic amines is 1. The molecule has 2 rings (SSSR count). The van der Waals surface area contributed by atoms with Gasteiger partial charge in [-0.05, 0) is 25.7 Å². The Morgan fingerprint density at radius 3 is 2.93 bits per heavy atom. The molecular formula is C12H21N3. The minimum Gasteiger partial charge on any atom is -0.347 e. The van der Waals surface area contributed by atoms with Gasteiger partial charge in [-0.25, -0.2) is 4.98 Å². The maximum absolute atomic E-state index is 4.02. The molecule has 1 fully saturated rings. The van der Waals surface area contributed by atoms with Gasteiger partial charge in [-0.15, -0.1) is 0 Å². The number of hydrogen-bond donors (Lipinski definition) is 2. The van der Waals surface area contributed by atoms with E-state index in [4.69, 9.17) is 0 Å². The Kier molecular flexibility index (Phi) is 3.78. The summed E-state index contributed by atoms with van der Waals surface area (Å²) in [5, 5.41) is 3.58. The SMILES string of the molecule is CC(NCc1cnc[nH]1)C1CCCCC1. The fraction of sp³-hybridized carbons (Fsp3) is 0.750. The van der Waals surface area contributed by atoms with Crippen molar-refractivity contribution in [2.24, 2.45) is 5.92 Å². The van der Waals surface area contributed by atoms with Gasteiger partial charge in [0, 0.05) is 24.5 Å². The van der Waals surface area contributed by atoms with Crippen molar-refractivity contribution in [2.75, 3.05) is 0 Å². The average molecular weight is 207 g/mol. The second-order valence-corrected chi connectivity index (χ2v) is 4.64. The van der Waals surface area contributed by atoms with Crippen LogP contribution in [0.3, 0.4) is 0 Å². The van der Waals surface area contributed by atoms with E-state index in [1.54, 1.807) is 6.33 Å². The molecule has 1 unspecified atom stereocenters. The van der Waals surface area contributed by atoms with Gasteiger partial charge in [0.05, 0.1) is 6.33 Å². The largest absolute Gasteiger partial charge is 0.347 e. The minimum atomic E-state index is 0.633. The third-order valence-corrected chi connectivity index (χ3v) is 3.53. The summed E-state index contributed by atoms with van der Waals surface area (Å²) < 4.78 is 0. The first-order chi connectivity index (χ1) is 7.36. The molecular weight excluding hydrogens is 186 g/mol. The van der Waals surface area contributed by atoms with E-state index < -0.39 is 0 Å². The molecule has 3 heteroatoms. The van der Waals surface area contributed by atoms with Gasteiger partial charge < -0.3 is 10.3 Å². The summed E-state index contributed by atoms with van der Waals surface area (Å²) in [6.07, 6.45) is 10.7. The molecule has 2 N–H and O–H groups in total. The standard InChI is InChI=1S/C12H21N3/c1-10(11-5-3-2-4-6-11)14-8-12-7-13-9-15-12/h7,9-11,14H,2-6,8H2,1H3,(H,13,15). The molecule has 1 heterocycles. The van der Waals surface area contributed by atoms with Crippen LogP contribution in [-0.2, 0) is 6.54 Å². The second-order valence-electron chi connectivity index (χ2n) is 4.64. The summed E-state index contributed by atoms with van der Waals surface area (Å²) >= 11 is 0. The quantitative estimate of drug-likeness (QED) is 0.796. The van der Waals surface area contributed by atoms with Crippen molar-refractivity contribution < 1.29 is 0 Å². The Labute approximate surface area is 91.7 Å². The highest BCUT2D eigenvalue weighted by atomic mass is 15.0. The van der Waals surface area contributed by atoms with Crippen molar-refractivity contribution in [1.29, 1.82) is 0 Å². The molecule has 84 valence electrons. The lowest BCUT2D eigenvalue weighted by atomic mass is 9.84. The number of H-pyrrole nitrogens is 1. The molecule has 3 nitrogen and oxygen atoms in total. The van der Waals surface area contributed by atoms with E-state index in [0.717, 1.165) is 12.5 Å². The minimum absolute atomic E-state index is 0.633. The van der Waals surface area contributed by atoms with E-state index in [1.807, 2.05) is 6.20 Å². The fourth-order valence-corrected chi connectivity index (χ4v) is 2.45. The van der Waals surface area contributed by atoms with Crippen molar-refractivity contribution in [3.63, 3.8) is 0 Å². The van der Waals surface area contributed by atoms with Crippen molar-refractivity contribution in [3.8, 4) is 0 Å². The predicted molar refractivity (Wildman–Crippen MR) is 61.5 cm³/mol. The number of rotatable bonds is 4. The van der Waals surface area contributed by atoms with E-state index in [-0.39, 0.29) is 0 Å². The molecule has 0 amide bonds. The van der Waals surface area contributed by atoms with Gasteiger partial charge in [-0.2, -0.15) is 0 Å². The van der Waals surface area contributed by atoms with Crippen LogP contribution in [0.15, 0.2) is 12.5 Å². The summed E-state index contributed by atoms with van der Waals surface area (Å²) in [6.45, 7) is 3.23. The van der Waals surface area contributed by atoms with Crippen LogP contribution >= 0.6 is 0 Å². The van der Waals surface area contributed by atoms with E-state index in [0.29, 0.717) is 6.04 Å². The molecule has 1 aliphatic carbocycles. The highest BCUT2D eigenvalue weighted by Gasteiger charge is 2.19.